The molecule has 111 heavy (non-hydrogen) atoms. The molecule has 2 amide bonds. The standard InChI is InChI=1S/C43H67NO12.C43H69NO11/c1-9-12-30-18-24(2)17-25(3)19-36(53-7)39-37(54-8)21-27(5)43(52,56-39)40(49)41(50)44-16-11-10-13-31(44)42(51)55-38(28(6)33(46)23-34(30)47)26(4)20-29-14-15-32(45)35(48)22-29;1-9-12-31-18-25(2)17-26(3)19-37(52-7)41-38(53-8)21-28(5)43(51,55-41)24-39(49)44-16-11-10-13-32(44)42(50)54-40(29(6)34(46)23-35(31)47)27(4)20-30-14-15-33(45)36(48)22-30/h9,18,20,25,27-33,35-39,45-46,48,52H,1,10-17,19,21-23H2,2-8H3;9,18,20,26,28-34,36-38,40-41,45-46,48,51H,1,10-17,19,21-24H2,2-8H3/b24-18+,26-20+;25-18+,27-20+/t25-,27+,28+,29-,30+,31-,32+,33-,35+,36-,37-,38+,39?,43+;26-,28+,29+,30-,31+,32-,33+,34-,36+,37-,38-,40+,41?,43-/m00/s1. The highest BCUT2D eigenvalue weighted by Gasteiger charge is 2.58. The van der Waals surface area contributed by atoms with Crippen LogP contribution < -0.4 is 0 Å². The van der Waals surface area contributed by atoms with Crippen LogP contribution in [0.5, 0.6) is 0 Å². The Morgan fingerprint density at radius 3 is 1.32 bits per heavy atom. The molecule has 0 aromatic heterocycles. The van der Waals surface area contributed by atoms with Crippen molar-refractivity contribution in [3.8, 4) is 0 Å². The van der Waals surface area contributed by atoms with Crippen LogP contribution in [0.4, 0.5) is 0 Å². The van der Waals surface area contributed by atoms with Crippen molar-refractivity contribution in [3.63, 3.8) is 0 Å². The van der Waals surface area contributed by atoms with Gasteiger partial charge in [-0.1, -0.05) is 89.1 Å². The maximum absolute atomic E-state index is 14.2. The Balaban J connectivity index is 0.000000308. The SMILES string of the molecule is C=CC[C@@H]1/C=C(\C)C[C@H](C)C[C@H](OC)C2O[C@@](O)(C(=O)C(=O)N3CCCC[C@H]3C(=O)O[C@H](/C(C)=C/[C@@H]3CC[C@@H](O)[C@H](O)C3)[C@H](C)[C@@H](O)CC1=O)[C@H](C)C[C@@H]2OC.C=CC[C@@H]1/C=C(\C)C[C@H](C)C[C@H](OC)C2O[C@@](O)(CC(=O)N3CCCC[C@H]3C(=O)O[C@H](/C(C)=C/[C@@H]3CC[C@@H](O)[C@H](O)C3)[C@H](C)[C@@H](O)CC1=O)[C@H](C)C[C@@H]2OC. The number of aliphatic hydroxyl groups excluding tert-OH is 6. The molecule has 2 saturated carbocycles. The van der Waals surface area contributed by atoms with E-state index in [-0.39, 0.29) is 73.9 Å². The number of allylic oxidation sites excluding steroid dienone is 8. The Labute approximate surface area is 658 Å². The van der Waals surface area contributed by atoms with Crippen molar-refractivity contribution in [1.82, 2.24) is 9.80 Å². The van der Waals surface area contributed by atoms with E-state index in [1.165, 1.54) is 19.1 Å². The molecule has 0 aromatic carbocycles. The first-order valence-corrected chi connectivity index (χ1v) is 41.0. The molecular weight excluding hydrogens is 1430 g/mol. The monoisotopic (exact) mass is 1560 g/mol. The molecule has 0 radical (unpaired) electrons. The number of hydrogen-bond donors (Lipinski definition) is 8. The molecule has 28 atom stereocenters. The summed E-state index contributed by atoms with van der Waals surface area (Å²) >= 11 is 0. The predicted molar refractivity (Wildman–Crippen MR) is 415 cm³/mol. The third kappa shape index (κ3) is 24.2. The molecule has 628 valence electrons. The quantitative estimate of drug-likeness (QED) is 0.0514. The lowest BCUT2D eigenvalue weighted by molar-refractivity contribution is -0.321. The summed E-state index contributed by atoms with van der Waals surface area (Å²) in [6.45, 7) is 26.6. The lowest BCUT2D eigenvalue weighted by atomic mass is 9.81. The van der Waals surface area contributed by atoms with Gasteiger partial charge in [-0.2, -0.15) is 0 Å². The number of rotatable bonds is 12. The molecule has 4 saturated heterocycles. The van der Waals surface area contributed by atoms with Gasteiger partial charge in [-0.3, -0.25) is 24.0 Å². The van der Waals surface area contributed by atoms with Gasteiger partial charge in [0, 0.05) is 89.9 Å². The molecule has 8 rings (SSSR count). The lowest BCUT2D eigenvalue weighted by Crippen LogP contribution is -2.64. The summed E-state index contributed by atoms with van der Waals surface area (Å²) in [4.78, 5) is 101. The summed E-state index contributed by atoms with van der Waals surface area (Å²) in [5.41, 5.74) is 3.19. The van der Waals surface area contributed by atoms with Gasteiger partial charge in [0.25, 0.3) is 11.7 Å². The van der Waals surface area contributed by atoms with Crippen LogP contribution in [0.25, 0.3) is 0 Å². The van der Waals surface area contributed by atoms with E-state index < -0.39 is 174 Å². The number of nitrogens with zero attached hydrogens (tertiary/aromatic N) is 2. The molecular formula is C86H136N2O23. The van der Waals surface area contributed by atoms with Crippen molar-refractivity contribution in [2.75, 3.05) is 41.5 Å². The summed E-state index contributed by atoms with van der Waals surface area (Å²) in [7, 11) is 6.24. The Kier molecular flexibility index (Phi) is 35.7. The van der Waals surface area contributed by atoms with Crippen molar-refractivity contribution in [3.05, 3.63) is 71.9 Å². The number of hydrogen-bond acceptors (Lipinski definition) is 23. The smallest absolute Gasteiger partial charge is 0.329 e. The Morgan fingerprint density at radius 2 is 0.901 bits per heavy atom. The molecule has 6 fully saturated rings. The van der Waals surface area contributed by atoms with Gasteiger partial charge in [-0.25, -0.2) is 9.59 Å². The maximum atomic E-state index is 14.2. The third-order valence-electron chi connectivity index (χ3n) is 25.3. The van der Waals surface area contributed by atoms with Crippen LogP contribution in [-0.4, -0.2) is 242 Å². The fraction of sp³-hybridized carbons (Fsp3) is 0.779. The zero-order valence-electron chi connectivity index (χ0n) is 68.7. The minimum absolute atomic E-state index is 0.00242. The number of methoxy groups -OCH3 is 4. The third-order valence-corrected chi connectivity index (χ3v) is 25.3. The molecule has 6 aliphatic heterocycles. The van der Waals surface area contributed by atoms with Crippen LogP contribution in [0, 0.1) is 59.2 Å². The molecule has 0 aromatic rings. The Hall–Kier alpha value is -5.23. The van der Waals surface area contributed by atoms with Crippen molar-refractivity contribution in [1.29, 1.82) is 0 Å². The highest BCUT2D eigenvalue weighted by atomic mass is 16.7. The van der Waals surface area contributed by atoms with E-state index in [0.717, 1.165) is 16.0 Å². The summed E-state index contributed by atoms with van der Waals surface area (Å²) in [5, 5.41) is 88.4. The van der Waals surface area contributed by atoms with Crippen molar-refractivity contribution in [2.24, 2.45) is 59.2 Å². The van der Waals surface area contributed by atoms with Crippen LogP contribution in [0.2, 0.25) is 0 Å². The van der Waals surface area contributed by atoms with E-state index in [2.05, 4.69) is 20.1 Å². The number of ketones is 3. The molecule has 8 N–H and O–H groups in total. The van der Waals surface area contributed by atoms with E-state index in [0.29, 0.717) is 133 Å². The van der Waals surface area contributed by atoms with E-state index in [1.54, 1.807) is 54.1 Å². The van der Waals surface area contributed by atoms with Crippen LogP contribution in [-0.2, 0) is 71.5 Å². The normalized spacial score (nSPS) is 41.7. The minimum atomic E-state index is -2.52. The number of amides is 2. The minimum Gasteiger partial charge on any atom is -0.456 e. The molecule has 6 heterocycles. The van der Waals surface area contributed by atoms with E-state index in [4.69, 9.17) is 37.9 Å². The van der Waals surface area contributed by atoms with Crippen LogP contribution >= 0.6 is 0 Å². The highest BCUT2D eigenvalue weighted by Crippen LogP contribution is 2.43. The number of aliphatic hydroxyl groups is 8. The Bertz CT molecular complexity index is 3260. The average molecular weight is 1570 g/mol. The average Bonchev–Trinajstić information content (AvgIpc) is 0.861. The lowest BCUT2D eigenvalue weighted by Gasteiger charge is -2.48. The van der Waals surface area contributed by atoms with Gasteiger partial charge in [0.15, 0.2) is 5.79 Å². The number of fused-ring (bicyclic) bond motifs is 6. The molecule has 2 aliphatic carbocycles. The number of piperidine rings is 2. The summed E-state index contributed by atoms with van der Waals surface area (Å²) in [6, 6.07) is -2.09. The molecule has 0 spiro atoms. The number of carbonyl (C=O) groups is 7. The first-order valence-electron chi connectivity index (χ1n) is 41.0. The van der Waals surface area contributed by atoms with Crippen LogP contribution in [0.15, 0.2) is 71.9 Å². The molecule has 2 unspecified atom stereocenters. The van der Waals surface area contributed by atoms with Gasteiger partial charge >= 0.3 is 11.9 Å². The maximum Gasteiger partial charge on any atom is 0.329 e. The van der Waals surface area contributed by atoms with Gasteiger partial charge in [-0.15, -0.1) is 13.2 Å². The fourth-order valence-corrected chi connectivity index (χ4v) is 18.5. The van der Waals surface area contributed by atoms with Gasteiger partial charge in [-0.05, 0) is 191 Å². The number of esters is 2. The highest BCUT2D eigenvalue weighted by molar-refractivity contribution is 6.39. The number of carbonyl (C=O) groups excluding carboxylic acids is 7. The largest absolute Gasteiger partial charge is 0.456 e. The van der Waals surface area contributed by atoms with Crippen LogP contribution in [0.3, 0.4) is 0 Å². The second kappa shape index (κ2) is 42.6. The van der Waals surface area contributed by atoms with Gasteiger partial charge in [0.2, 0.25) is 11.7 Å². The van der Waals surface area contributed by atoms with Gasteiger partial charge in [0.1, 0.15) is 48.1 Å². The van der Waals surface area contributed by atoms with E-state index in [1.807, 2.05) is 58.9 Å². The topological polar surface area (TPSA) is 362 Å². The van der Waals surface area contributed by atoms with Crippen molar-refractivity contribution < 1.29 is 112 Å². The van der Waals surface area contributed by atoms with E-state index >= 15 is 0 Å². The summed E-state index contributed by atoms with van der Waals surface area (Å²) in [5.74, 6) is -12.7. The summed E-state index contributed by atoms with van der Waals surface area (Å²) < 4.78 is 48.7. The second-order valence-corrected chi connectivity index (χ2v) is 34.2. The first kappa shape index (κ1) is 92.9. The first-order chi connectivity index (χ1) is 52.5. The fourth-order valence-electron chi connectivity index (χ4n) is 18.5. The van der Waals surface area contributed by atoms with Crippen LogP contribution in [0.1, 0.15) is 217 Å². The number of Topliss-reactive ketones (excluding diaryl/α,β-unsaturated/α-hetero) is 3. The molecule has 25 heteroatoms. The zero-order valence-corrected chi connectivity index (χ0v) is 68.7. The Morgan fingerprint density at radius 1 is 0.505 bits per heavy atom. The van der Waals surface area contributed by atoms with Crippen molar-refractivity contribution in [2.45, 2.75) is 326 Å². The van der Waals surface area contributed by atoms with Gasteiger partial charge < -0.3 is 88.5 Å². The zero-order chi connectivity index (χ0) is 82.1. The van der Waals surface area contributed by atoms with Gasteiger partial charge in [0.05, 0.1) is 67.5 Å². The second-order valence-electron chi connectivity index (χ2n) is 34.2. The predicted octanol–water partition coefficient (Wildman–Crippen LogP) is 8.79. The molecule has 25 nitrogen and oxygen atoms in total. The molecule has 8 aliphatic rings. The number of ether oxygens (including phenoxy) is 8. The van der Waals surface area contributed by atoms with Crippen molar-refractivity contribution >= 4 is 41.1 Å². The van der Waals surface area contributed by atoms with E-state index in [9.17, 15) is 74.4 Å². The summed E-state index contributed by atoms with van der Waals surface area (Å²) in [6.07, 6.45) is 8.31. The number of cyclic esters (lactones) is 2. The molecule has 4 bridgehead atoms.